The van der Waals surface area contributed by atoms with E-state index in [4.69, 9.17) is 14.9 Å². The third kappa shape index (κ3) is 10.0. The first kappa shape index (κ1) is 23.3. The molecule has 4 unspecified atom stereocenters. The van der Waals surface area contributed by atoms with Crippen molar-refractivity contribution in [2.45, 2.75) is 70.6 Å². The number of phosphoric acid groups is 1. The summed E-state index contributed by atoms with van der Waals surface area (Å²) in [6, 6.07) is 0. The first-order valence-corrected chi connectivity index (χ1v) is 12.1. The standard InChI is InChI=1S/C7H15O6P.2C7H10/c8-7(9)5-3-1-2-4-6-13-14(10,11)12;2*1-2-7-4-3-6(1)5-7/h1-6H2,(H,8,9)(H2,10,11,12);2*1-2,6-7H,3-5H2. The molecule has 4 rings (SSSR count). The van der Waals surface area contributed by atoms with Crippen LogP contribution in [-0.2, 0) is 13.9 Å². The number of aliphatic carboxylic acids is 1. The van der Waals surface area contributed by atoms with Crippen molar-refractivity contribution < 1.29 is 28.8 Å². The first-order chi connectivity index (χ1) is 13.3. The van der Waals surface area contributed by atoms with Crippen LogP contribution in [0.15, 0.2) is 24.3 Å². The molecule has 6 nitrogen and oxygen atoms in total. The number of unbranched alkanes of at least 4 members (excludes halogenated alkanes) is 3. The fraction of sp³-hybridized carbons (Fsp3) is 0.762. The van der Waals surface area contributed by atoms with Gasteiger partial charge in [-0.1, -0.05) is 37.1 Å². The Morgan fingerprint density at radius 3 is 1.54 bits per heavy atom. The molecule has 7 heteroatoms. The maximum absolute atomic E-state index is 10.2. The molecule has 0 radical (unpaired) electrons. The van der Waals surface area contributed by atoms with Gasteiger partial charge in [0.2, 0.25) is 0 Å². The Bertz CT molecular complexity index is 529. The van der Waals surface area contributed by atoms with Crippen LogP contribution in [0, 0.1) is 23.7 Å². The van der Waals surface area contributed by atoms with Gasteiger partial charge in [0, 0.05) is 6.42 Å². The lowest BCUT2D eigenvalue weighted by Gasteiger charge is -2.04. The molecule has 0 heterocycles. The molecule has 0 aliphatic heterocycles. The molecular formula is C21H35O6P. The summed E-state index contributed by atoms with van der Waals surface area (Å²) in [4.78, 5) is 26.7. The van der Waals surface area contributed by atoms with Crippen molar-refractivity contribution in [1.29, 1.82) is 0 Å². The van der Waals surface area contributed by atoms with Crippen molar-refractivity contribution in [2.75, 3.05) is 6.61 Å². The average Bonchev–Trinajstić information content (AvgIpc) is 3.43. The van der Waals surface area contributed by atoms with E-state index in [1.807, 2.05) is 0 Å². The maximum atomic E-state index is 10.2. The fourth-order valence-electron chi connectivity index (χ4n) is 4.35. The van der Waals surface area contributed by atoms with E-state index in [2.05, 4.69) is 28.8 Å². The Balaban J connectivity index is 0.000000163. The number of fused-ring (bicyclic) bond motifs is 4. The molecule has 2 fully saturated rings. The molecule has 0 aromatic rings. The number of hydrogen-bond acceptors (Lipinski definition) is 3. The van der Waals surface area contributed by atoms with Gasteiger partial charge in [-0.05, 0) is 75.0 Å². The molecule has 2 saturated carbocycles. The number of carboxylic acid groups (broad SMARTS) is 1. The van der Waals surface area contributed by atoms with Crippen molar-refractivity contribution in [2.24, 2.45) is 23.7 Å². The van der Waals surface area contributed by atoms with Crippen molar-refractivity contribution in [1.82, 2.24) is 0 Å². The summed E-state index contributed by atoms with van der Waals surface area (Å²) in [5, 5.41) is 8.30. The zero-order chi connectivity index (χ0) is 20.4. The Kier molecular flexibility index (Phi) is 9.93. The second-order valence-electron chi connectivity index (χ2n) is 8.32. The lowest BCUT2D eigenvalue weighted by molar-refractivity contribution is -0.137. The Morgan fingerprint density at radius 2 is 1.25 bits per heavy atom. The maximum Gasteiger partial charge on any atom is 0.469 e. The van der Waals surface area contributed by atoms with E-state index in [0.717, 1.165) is 30.1 Å². The van der Waals surface area contributed by atoms with Gasteiger partial charge in [0.1, 0.15) is 0 Å². The van der Waals surface area contributed by atoms with Crippen LogP contribution in [0.4, 0.5) is 0 Å². The van der Waals surface area contributed by atoms with E-state index in [-0.39, 0.29) is 13.0 Å². The van der Waals surface area contributed by atoms with Crippen LogP contribution < -0.4 is 0 Å². The van der Waals surface area contributed by atoms with Crippen LogP contribution in [0.1, 0.15) is 70.6 Å². The molecule has 4 aliphatic rings. The van der Waals surface area contributed by atoms with Gasteiger partial charge in [-0.3, -0.25) is 9.32 Å². The second kappa shape index (κ2) is 11.9. The van der Waals surface area contributed by atoms with E-state index in [9.17, 15) is 9.36 Å². The molecular weight excluding hydrogens is 379 g/mol. The Morgan fingerprint density at radius 1 is 0.821 bits per heavy atom. The molecule has 0 spiro atoms. The number of rotatable bonds is 8. The zero-order valence-corrected chi connectivity index (χ0v) is 17.5. The fourth-order valence-corrected chi connectivity index (χ4v) is 4.72. The predicted molar refractivity (Wildman–Crippen MR) is 109 cm³/mol. The summed E-state index contributed by atoms with van der Waals surface area (Å²) in [5.74, 6) is 3.14. The lowest BCUT2D eigenvalue weighted by atomic mass is 10.1. The summed E-state index contributed by atoms with van der Waals surface area (Å²) in [6.07, 6.45) is 21.1. The largest absolute Gasteiger partial charge is 0.481 e. The van der Waals surface area contributed by atoms with Gasteiger partial charge in [0.05, 0.1) is 6.61 Å². The third-order valence-corrected chi connectivity index (χ3v) is 6.40. The molecule has 28 heavy (non-hydrogen) atoms. The van der Waals surface area contributed by atoms with Crippen LogP contribution in [0.2, 0.25) is 0 Å². The smallest absolute Gasteiger partial charge is 0.469 e. The minimum atomic E-state index is -4.33. The van der Waals surface area contributed by atoms with E-state index < -0.39 is 13.8 Å². The summed E-state index contributed by atoms with van der Waals surface area (Å²) in [7, 11) is -4.33. The molecule has 3 N–H and O–H groups in total. The first-order valence-electron chi connectivity index (χ1n) is 10.6. The van der Waals surface area contributed by atoms with Crippen molar-refractivity contribution >= 4 is 13.8 Å². The quantitative estimate of drug-likeness (QED) is 0.291. The highest BCUT2D eigenvalue weighted by Gasteiger charge is 2.26. The highest BCUT2D eigenvalue weighted by Crippen LogP contribution is 2.39. The molecule has 4 bridgehead atoms. The van der Waals surface area contributed by atoms with Crippen molar-refractivity contribution in [3.63, 3.8) is 0 Å². The van der Waals surface area contributed by atoms with E-state index in [0.29, 0.717) is 19.3 Å². The highest BCUT2D eigenvalue weighted by atomic mass is 31.2. The van der Waals surface area contributed by atoms with E-state index in [1.165, 1.54) is 38.5 Å². The summed E-state index contributed by atoms with van der Waals surface area (Å²) in [6.45, 7) is 0.0113. The summed E-state index contributed by atoms with van der Waals surface area (Å²) in [5.41, 5.74) is 0. The van der Waals surface area contributed by atoms with E-state index >= 15 is 0 Å². The van der Waals surface area contributed by atoms with Gasteiger partial charge >= 0.3 is 13.8 Å². The van der Waals surface area contributed by atoms with Gasteiger partial charge in [-0.15, -0.1) is 0 Å². The molecule has 0 saturated heterocycles. The van der Waals surface area contributed by atoms with Gasteiger partial charge in [-0.2, -0.15) is 0 Å². The molecule has 4 aliphatic carbocycles. The number of phosphoric ester groups is 1. The topological polar surface area (TPSA) is 104 Å². The SMILES string of the molecule is C1=CC2CCC1C2.C1=CC2CCC1C2.O=C(O)CCCCCCOP(=O)(O)O. The van der Waals surface area contributed by atoms with Crippen LogP contribution in [0.25, 0.3) is 0 Å². The zero-order valence-electron chi connectivity index (χ0n) is 16.6. The number of carboxylic acids is 1. The molecule has 4 atom stereocenters. The molecule has 0 aromatic carbocycles. The van der Waals surface area contributed by atoms with Crippen LogP contribution in [0.3, 0.4) is 0 Å². The van der Waals surface area contributed by atoms with Gasteiger partial charge in [-0.25, -0.2) is 4.57 Å². The minimum absolute atomic E-state index is 0.0113. The summed E-state index contributed by atoms with van der Waals surface area (Å²) < 4.78 is 14.4. The highest BCUT2D eigenvalue weighted by molar-refractivity contribution is 7.46. The number of carbonyl (C=O) groups is 1. The second-order valence-corrected chi connectivity index (χ2v) is 9.56. The van der Waals surface area contributed by atoms with Crippen LogP contribution in [0.5, 0.6) is 0 Å². The van der Waals surface area contributed by atoms with Gasteiger partial charge in [0.25, 0.3) is 0 Å². The predicted octanol–water partition coefficient (Wildman–Crippen LogP) is 5.08. The third-order valence-electron chi connectivity index (χ3n) is 5.88. The summed E-state index contributed by atoms with van der Waals surface area (Å²) >= 11 is 0. The normalized spacial score (nSPS) is 28.6. The monoisotopic (exact) mass is 414 g/mol. The van der Waals surface area contributed by atoms with Crippen molar-refractivity contribution in [3.8, 4) is 0 Å². The Labute approximate surface area is 168 Å². The number of hydrogen-bond donors (Lipinski definition) is 3. The minimum Gasteiger partial charge on any atom is -0.481 e. The van der Waals surface area contributed by atoms with Crippen molar-refractivity contribution in [3.05, 3.63) is 24.3 Å². The lowest BCUT2D eigenvalue weighted by Crippen LogP contribution is -1.95. The van der Waals surface area contributed by atoms with Crippen LogP contribution >= 0.6 is 7.82 Å². The molecule has 160 valence electrons. The van der Waals surface area contributed by atoms with Gasteiger partial charge < -0.3 is 14.9 Å². The molecule has 0 aromatic heterocycles. The van der Waals surface area contributed by atoms with Crippen LogP contribution in [-0.4, -0.2) is 27.5 Å². The molecule has 0 amide bonds. The van der Waals surface area contributed by atoms with E-state index in [1.54, 1.807) is 0 Å². The number of allylic oxidation sites excluding steroid dienone is 4. The van der Waals surface area contributed by atoms with Gasteiger partial charge in [0.15, 0.2) is 0 Å². The Hall–Kier alpha value is -0.940. The average molecular weight is 414 g/mol.